The van der Waals surface area contributed by atoms with Gasteiger partial charge in [0, 0.05) is 0 Å². The van der Waals surface area contributed by atoms with E-state index in [2.05, 4.69) is 127 Å². The van der Waals surface area contributed by atoms with Crippen LogP contribution in [-0.4, -0.2) is 14.9 Å². The first-order valence-electron chi connectivity index (χ1n) is 13.5. The van der Waals surface area contributed by atoms with Gasteiger partial charge in [0.25, 0.3) is 8.32 Å². The molecule has 0 spiro atoms. The van der Waals surface area contributed by atoms with E-state index in [-0.39, 0.29) is 5.04 Å². The van der Waals surface area contributed by atoms with Gasteiger partial charge in [0.15, 0.2) is 0 Å². The van der Waals surface area contributed by atoms with Crippen molar-refractivity contribution in [2.45, 2.75) is 92.0 Å². The Morgan fingerprint density at radius 3 is 1.60 bits per heavy atom. The first-order valence-corrected chi connectivity index (χ1v) is 15.4. The summed E-state index contributed by atoms with van der Waals surface area (Å²) in [5.74, 6) is 0. The molecule has 190 valence electrons. The smallest absolute Gasteiger partial charge is 0.261 e. The molecule has 0 aromatic heterocycles. The Morgan fingerprint density at radius 1 is 0.714 bits per heavy atom. The largest absolute Gasteiger partial charge is 0.404 e. The first-order chi connectivity index (χ1) is 16.7. The molecular weight excluding hydrogens is 440 g/mol. The normalized spacial score (nSPS) is 13.1. The van der Waals surface area contributed by atoms with Crippen LogP contribution in [-0.2, 0) is 4.43 Å². The van der Waals surface area contributed by atoms with Crippen molar-refractivity contribution in [3.63, 3.8) is 0 Å². The molecule has 2 heteroatoms. The molecule has 2 rings (SSSR count). The lowest BCUT2D eigenvalue weighted by Crippen LogP contribution is -2.66. The van der Waals surface area contributed by atoms with Crippen molar-refractivity contribution in [3.8, 4) is 0 Å². The minimum Gasteiger partial charge on any atom is -0.404 e. The van der Waals surface area contributed by atoms with E-state index in [4.69, 9.17) is 4.43 Å². The molecule has 0 aliphatic carbocycles. The van der Waals surface area contributed by atoms with E-state index in [1.807, 2.05) is 0 Å². The minimum absolute atomic E-state index is 0.0139. The Morgan fingerprint density at radius 2 is 1.17 bits per heavy atom. The average Bonchev–Trinajstić information content (AvgIpc) is 2.84. The Labute approximate surface area is 217 Å². The quantitative estimate of drug-likeness (QED) is 0.202. The van der Waals surface area contributed by atoms with Gasteiger partial charge in [-0.15, -0.1) is 0 Å². The Kier molecular flexibility index (Phi) is 12.0. The summed E-state index contributed by atoms with van der Waals surface area (Å²) >= 11 is 0. The Bertz CT molecular complexity index is 918. The van der Waals surface area contributed by atoms with Crippen molar-refractivity contribution in [1.29, 1.82) is 0 Å². The maximum atomic E-state index is 7.06. The van der Waals surface area contributed by atoms with Gasteiger partial charge in [-0.05, 0) is 67.8 Å². The fourth-order valence-corrected chi connectivity index (χ4v) is 9.39. The summed E-state index contributed by atoms with van der Waals surface area (Å²) in [4.78, 5) is 0. The zero-order chi connectivity index (χ0) is 25.7. The number of benzene rings is 2. The molecule has 35 heavy (non-hydrogen) atoms. The second-order valence-electron chi connectivity index (χ2n) is 10.8. The summed E-state index contributed by atoms with van der Waals surface area (Å²) < 4.78 is 7.06. The van der Waals surface area contributed by atoms with Crippen molar-refractivity contribution in [2.24, 2.45) is 0 Å². The zero-order valence-corrected chi connectivity index (χ0v) is 24.4. The predicted molar refractivity (Wildman–Crippen MR) is 158 cm³/mol. The number of allylic oxidation sites excluding steroid dienone is 5. The molecular formula is C33H48OSi. The highest BCUT2D eigenvalue weighted by Crippen LogP contribution is 2.36. The first kappa shape index (κ1) is 29.1. The highest BCUT2D eigenvalue weighted by atomic mass is 28.4. The van der Waals surface area contributed by atoms with Gasteiger partial charge in [0.05, 0.1) is 6.61 Å². The van der Waals surface area contributed by atoms with Crippen LogP contribution < -0.4 is 10.4 Å². The minimum atomic E-state index is -2.47. The van der Waals surface area contributed by atoms with E-state index in [1.54, 1.807) is 5.57 Å². The van der Waals surface area contributed by atoms with Crippen LogP contribution in [0.4, 0.5) is 0 Å². The average molecular weight is 489 g/mol. The van der Waals surface area contributed by atoms with E-state index >= 15 is 0 Å². The van der Waals surface area contributed by atoms with Crippen molar-refractivity contribution in [3.05, 3.63) is 95.6 Å². The third kappa shape index (κ3) is 8.47. The van der Waals surface area contributed by atoms with E-state index in [0.29, 0.717) is 6.61 Å². The van der Waals surface area contributed by atoms with E-state index in [0.717, 1.165) is 32.1 Å². The van der Waals surface area contributed by atoms with Crippen molar-refractivity contribution in [2.75, 3.05) is 6.61 Å². The summed E-state index contributed by atoms with van der Waals surface area (Å²) in [6, 6.07) is 21.9. The van der Waals surface area contributed by atoms with Gasteiger partial charge in [0.1, 0.15) is 0 Å². The van der Waals surface area contributed by atoms with Crippen LogP contribution >= 0.6 is 0 Å². The molecule has 0 saturated carbocycles. The molecule has 0 aliphatic rings. The molecule has 0 atom stereocenters. The van der Waals surface area contributed by atoms with Gasteiger partial charge < -0.3 is 4.43 Å². The third-order valence-electron chi connectivity index (χ3n) is 6.91. The fourth-order valence-electron chi connectivity index (χ4n) is 4.90. The summed E-state index contributed by atoms with van der Waals surface area (Å²) in [6.07, 6.45) is 14.0. The maximum absolute atomic E-state index is 7.06. The molecule has 2 aromatic carbocycles. The van der Waals surface area contributed by atoms with Gasteiger partial charge in [0.2, 0.25) is 0 Å². The lowest BCUT2D eigenvalue weighted by molar-refractivity contribution is 0.338. The van der Waals surface area contributed by atoms with Gasteiger partial charge in [-0.25, -0.2) is 0 Å². The van der Waals surface area contributed by atoms with Crippen LogP contribution in [0.3, 0.4) is 0 Å². The predicted octanol–water partition coefficient (Wildman–Crippen LogP) is 8.76. The SMILES string of the molecule is CC/C(=C\CC/C(=C/CO[Si](c1ccccc1)(c1ccccc1)C(C)(C)C)CC)CCC=C(C)C. The molecule has 0 saturated heterocycles. The van der Waals surface area contributed by atoms with Gasteiger partial charge in [-0.2, -0.15) is 0 Å². The number of rotatable bonds is 13. The standard InChI is InChI=1S/C33H48OSi/c1-8-29(19-16-18-28(3)4)20-17-21-30(9-2)26-27-34-35(33(5,6)7,31-22-12-10-13-23-31)32-24-14-11-15-25-32/h10-15,18,20,22-26H,8-9,16-17,19,21,27H2,1-7H3/b29-20+,30-26+. The topological polar surface area (TPSA) is 9.23 Å². The monoisotopic (exact) mass is 488 g/mol. The molecule has 0 amide bonds. The third-order valence-corrected chi connectivity index (χ3v) is 11.9. The van der Waals surface area contributed by atoms with Gasteiger partial charge >= 0.3 is 0 Å². The van der Waals surface area contributed by atoms with Crippen LogP contribution in [0, 0.1) is 0 Å². The number of hydrogen-bond donors (Lipinski definition) is 0. The van der Waals surface area contributed by atoms with Crippen LogP contribution in [0.25, 0.3) is 0 Å². The summed E-state index contributed by atoms with van der Waals surface area (Å²) in [5, 5.41) is 2.70. The van der Waals surface area contributed by atoms with Crippen LogP contribution in [0.2, 0.25) is 5.04 Å². The maximum Gasteiger partial charge on any atom is 0.261 e. The highest BCUT2D eigenvalue weighted by molar-refractivity contribution is 6.99. The van der Waals surface area contributed by atoms with Gasteiger partial charge in [-0.1, -0.05) is 130 Å². The van der Waals surface area contributed by atoms with E-state index in [1.165, 1.54) is 27.9 Å². The van der Waals surface area contributed by atoms with Crippen molar-refractivity contribution in [1.82, 2.24) is 0 Å². The zero-order valence-electron chi connectivity index (χ0n) is 23.4. The van der Waals surface area contributed by atoms with E-state index in [9.17, 15) is 0 Å². The summed E-state index contributed by atoms with van der Waals surface area (Å²) in [5.41, 5.74) is 4.50. The Balaban J connectivity index is 2.20. The second kappa shape index (κ2) is 14.4. The molecule has 1 nitrogen and oxygen atoms in total. The van der Waals surface area contributed by atoms with Crippen LogP contribution in [0.1, 0.15) is 87.0 Å². The molecule has 0 aliphatic heterocycles. The summed E-state index contributed by atoms with van der Waals surface area (Å²) in [7, 11) is -2.47. The molecule has 0 N–H and O–H groups in total. The van der Waals surface area contributed by atoms with Gasteiger partial charge in [-0.3, -0.25) is 0 Å². The molecule has 0 unspecified atom stereocenters. The highest BCUT2D eigenvalue weighted by Gasteiger charge is 2.49. The fraction of sp³-hybridized carbons (Fsp3) is 0.455. The van der Waals surface area contributed by atoms with Crippen LogP contribution in [0.5, 0.6) is 0 Å². The molecule has 0 bridgehead atoms. The lowest BCUT2D eigenvalue weighted by Gasteiger charge is -2.42. The number of hydrogen-bond acceptors (Lipinski definition) is 1. The molecule has 0 fully saturated rings. The molecule has 0 radical (unpaired) electrons. The summed E-state index contributed by atoms with van der Waals surface area (Å²) in [6.45, 7) is 16.6. The second-order valence-corrected chi connectivity index (χ2v) is 15.1. The van der Waals surface area contributed by atoms with Crippen LogP contribution in [0.15, 0.2) is 95.6 Å². The van der Waals surface area contributed by atoms with Crippen molar-refractivity contribution >= 4 is 18.7 Å². The van der Waals surface area contributed by atoms with E-state index < -0.39 is 8.32 Å². The molecule has 2 aromatic rings. The molecule has 0 heterocycles. The van der Waals surface area contributed by atoms with Crippen molar-refractivity contribution < 1.29 is 4.43 Å². The Hall–Kier alpha value is -2.16. The lowest BCUT2D eigenvalue weighted by atomic mass is 10.0.